The van der Waals surface area contributed by atoms with Crippen molar-refractivity contribution >= 4 is 5.97 Å². The molecule has 0 N–H and O–H groups in total. The van der Waals surface area contributed by atoms with Crippen LogP contribution in [0, 0.1) is 5.92 Å². The van der Waals surface area contributed by atoms with E-state index >= 15 is 0 Å². The molecule has 2 heterocycles. The first-order valence-corrected chi connectivity index (χ1v) is 13.2. The van der Waals surface area contributed by atoms with Gasteiger partial charge in [0.05, 0.1) is 0 Å². The lowest BCUT2D eigenvalue weighted by Gasteiger charge is -2.18. The summed E-state index contributed by atoms with van der Waals surface area (Å²) in [5, 5.41) is 0. The van der Waals surface area contributed by atoms with Crippen LogP contribution in [0.4, 0.5) is 0 Å². The van der Waals surface area contributed by atoms with Gasteiger partial charge in [0.15, 0.2) is 12.4 Å². The van der Waals surface area contributed by atoms with E-state index < -0.39 is 0 Å². The third-order valence-electron chi connectivity index (χ3n) is 6.52. The molecular weight excluding hydrogens is 434 g/mol. The number of allylic oxidation sites excluding steroid dienone is 1. The Labute approximate surface area is 208 Å². The van der Waals surface area contributed by atoms with Gasteiger partial charge in [-0.05, 0) is 25.2 Å². The quantitative estimate of drug-likeness (QED) is 0.145. The van der Waals surface area contributed by atoms with Crippen LogP contribution in [0.3, 0.4) is 0 Å². The molecule has 1 saturated heterocycles. The van der Waals surface area contributed by atoms with Crippen LogP contribution in [0.5, 0.6) is 0 Å². The number of aryl methyl sites for hydroxylation is 1. The predicted molar refractivity (Wildman–Crippen MR) is 130 cm³/mol. The minimum absolute atomic E-state index is 0. The molecule has 2 atom stereocenters. The van der Waals surface area contributed by atoms with Gasteiger partial charge < -0.3 is 21.9 Å². The number of esters is 1. The highest BCUT2D eigenvalue weighted by atomic mass is 35.5. The maximum absolute atomic E-state index is 12.0. The second-order valence-electron chi connectivity index (χ2n) is 9.43. The summed E-state index contributed by atoms with van der Waals surface area (Å²) in [6, 6.07) is 6.05. The molecule has 0 amide bonds. The standard InChI is InChI=1S/C28H46NO3.ClH/c1-3-4-5-6-7-8-9-10-12-17-25(2)27-20-19-26(32-27)24-31-28(30)18-13-16-23-29-21-14-11-15-22-29;/h11,14-15,21-22,24-25,27H,3-10,12-13,16-20,23H2,1-2H3;1H/q+1;/p-1. The minimum Gasteiger partial charge on any atom is -1.00 e. The molecule has 1 fully saturated rings. The number of ether oxygens (including phenoxy) is 2. The molecule has 0 aromatic carbocycles. The minimum atomic E-state index is -0.162. The van der Waals surface area contributed by atoms with E-state index in [1.54, 1.807) is 6.26 Å². The summed E-state index contributed by atoms with van der Waals surface area (Å²) in [5.41, 5.74) is 0. The van der Waals surface area contributed by atoms with Crippen molar-refractivity contribution < 1.29 is 31.2 Å². The van der Waals surface area contributed by atoms with E-state index in [2.05, 4.69) is 18.4 Å². The number of hydrogen-bond acceptors (Lipinski definition) is 3. The molecule has 33 heavy (non-hydrogen) atoms. The van der Waals surface area contributed by atoms with Crippen LogP contribution in [-0.4, -0.2) is 12.1 Å². The molecule has 188 valence electrons. The van der Waals surface area contributed by atoms with Crippen LogP contribution >= 0.6 is 0 Å². The number of hydrogen-bond donors (Lipinski definition) is 0. The molecule has 1 aromatic rings. The van der Waals surface area contributed by atoms with Gasteiger partial charge in [0.2, 0.25) is 0 Å². The zero-order valence-electron chi connectivity index (χ0n) is 21.0. The van der Waals surface area contributed by atoms with Crippen LogP contribution < -0.4 is 17.0 Å². The molecule has 1 aromatic heterocycles. The van der Waals surface area contributed by atoms with Gasteiger partial charge in [-0.3, -0.25) is 4.79 Å². The smallest absolute Gasteiger partial charge is 0.310 e. The van der Waals surface area contributed by atoms with Gasteiger partial charge in [-0.25, -0.2) is 4.57 Å². The second-order valence-corrected chi connectivity index (χ2v) is 9.43. The van der Waals surface area contributed by atoms with Gasteiger partial charge in [0.1, 0.15) is 24.7 Å². The Balaban J connectivity index is 0.00000544. The van der Waals surface area contributed by atoms with E-state index in [0.717, 1.165) is 38.0 Å². The average molecular weight is 480 g/mol. The summed E-state index contributed by atoms with van der Waals surface area (Å²) in [5.74, 6) is 1.24. The van der Waals surface area contributed by atoms with Crippen molar-refractivity contribution in [3.8, 4) is 0 Å². The number of carbonyl (C=O) groups is 1. The van der Waals surface area contributed by atoms with Crippen LogP contribution in [0.25, 0.3) is 0 Å². The van der Waals surface area contributed by atoms with Crippen molar-refractivity contribution in [3.05, 3.63) is 42.6 Å². The topological polar surface area (TPSA) is 39.4 Å². The third kappa shape index (κ3) is 13.7. The Morgan fingerprint density at radius 1 is 1.03 bits per heavy atom. The van der Waals surface area contributed by atoms with Gasteiger partial charge >= 0.3 is 5.97 Å². The second kappa shape index (κ2) is 18.8. The SMILES string of the molecule is CCCCCCCCCCCC(C)C1CCC(=COC(=O)CCCC[n+]2ccccc2)O1.[Cl-]. The van der Waals surface area contributed by atoms with Crippen LogP contribution in [-0.2, 0) is 20.8 Å². The summed E-state index contributed by atoms with van der Waals surface area (Å²) >= 11 is 0. The first-order chi connectivity index (χ1) is 15.7. The summed E-state index contributed by atoms with van der Waals surface area (Å²) in [6.45, 7) is 5.50. The van der Waals surface area contributed by atoms with E-state index in [-0.39, 0.29) is 24.5 Å². The molecule has 4 nitrogen and oxygen atoms in total. The Morgan fingerprint density at radius 2 is 1.70 bits per heavy atom. The molecule has 1 aliphatic rings. The molecular formula is C28H46ClNO3. The number of pyridine rings is 1. The Hall–Kier alpha value is -1.55. The lowest BCUT2D eigenvalue weighted by molar-refractivity contribution is -0.697. The highest BCUT2D eigenvalue weighted by Crippen LogP contribution is 2.30. The summed E-state index contributed by atoms with van der Waals surface area (Å²) in [7, 11) is 0. The zero-order chi connectivity index (χ0) is 22.9. The highest BCUT2D eigenvalue weighted by molar-refractivity contribution is 5.69. The fourth-order valence-corrected chi connectivity index (χ4v) is 4.38. The number of nitrogens with zero attached hydrogens (tertiary/aromatic N) is 1. The molecule has 2 rings (SSSR count). The first kappa shape index (κ1) is 29.5. The maximum atomic E-state index is 12.0. The molecule has 1 aliphatic heterocycles. The summed E-state index contributed by atoms with van der Waals surface area (Å²) in [4.78, 5) is 12.0. The molecule has 5 heteroatoms. The van der Waals surface area contributed by atoms with Gasteiger partial charge in [-0.1, -0.05) is 77.7 Å². The Kier molecular flexibility index (Phi) is 16.8. The molecule has 0 aliphatic carbocycles. The van der Waals surface area contributed by atoms with Crippen LogP contribution in [0.15, 0.2) is 42.6 Å². The molecule has 0 spiro atoms. The van der Waals surface area contributed by atoms with Crippen molar-refractivity contribution in [1.29, 1.82) is 0 Å². The summed E-state index contributed by atoms with van der Waals surface area (Å²) in [6.07, 6.45) is 23.7. The number of aromatic nitrogens is 1. The fourth-order valence-electron chi connectivity index (χ4n) is 4.38. The molecule has 2 unspecified atom stereocenters. The number of halogens is 1. The molecule has 0 saturated carbocycles. The van der Waals surface area contributed by atoms with E-state index in [1.165, 1.54) is 64.2 Å². The number of unbranched alkanes of at least 4 members (excludes halogenated alkanes) is 9. The molecule has 0 radical (unpaired) electrons. The number of carbonyl (C=O) groups excluding carboxylic acids is 1. The zero-order valence-corrected chi connectivity index (χ0v) is 21.7. The van der Waals surface area contributed by atoms with Gasteiger partial charge in [0.25, 0.3) is 0 Å². The van der Waals surface area contributed by atoms with E-state index in [1.807, 2.05) is 30.6 Å². The van der Waals surface area contributed by atoms with Gasteiger partial charge in [-0.15, -0.1) is 0 Å². The Morgan fingerprint density at radius 3 is 2.39 bits per heavy atom. The largest absolute Gasteiger partial charge is 1.00 e. The predicted octanol–water partition coefficient (Wildman–Crippen LogP) is 4.27. The average Bonchev–Trinajstić information content (AvgIpc) is 3.29. The number of rotatable bonds is 17. The van der Waals surface area contributed by atoms with Crippen molar-refractivity contribution in [2.45, 2.75) is 123 Å². The lowest BCUT2D eigenvalue weighted by atomic mass is 9.95. The Bertz CT molecular complexity index is 650. The van der Waals surface area contributed by atoms with Crippen LogP contribution in [0.2, 0.25) is 0 Å². The van der Waals surface area contributed by atoms with Crippen LogP contribution in [0.1, 0.15) is 110 Å². The third-order valence-corrected chi connectivity index (χ3v) is 6.52. The van der Waals surface area contributed by atoms with Gasteiger partial charge in [-0.2, -0.15) is 0 Å². The van der Waals surface area contributed by atoms with Gasteiger partial charge in [0, 0.05) is 31.4 Å². The summed E-state index contributed by atoms with van der Waals surface area (Å²) < 4.78 is 13.5. The van der Waals surface area contributed by atoms with E-state index in [9.17, 15) is 4.79 Å². The van der Waals surface area contributed by atoms with Crippen molar-refractivity contribution in [1.82, 2.24) is 0 Å². The first-order valence-electron chi connectivity index (χ1n) is 13.2. The lowest BCUT2D eigenvalue weighted by Crippen LogP contribution is -3.00. The normalized spacial score (nSPS) is 17.4. The molecule has 0 bridgehead atoms. The monoisotopic (exact) mass is 479 g/mol. The van der Waals surface area contributed by atoms with E-state index in [0.29, 0.717) is 12.3 Å². The maximum Gasteiger partial charge on any atom is 0.310 e. The van der Waals surface area contributed by atoms with Crippen molar-refractivity contribution in [2.75, 3.05) is 0 Å². The van der Waals surface area contributed by atoms with E-state index in [4.69, 9.17) is 9.47 Å². The van der Waals surface area contributed by atoms with Crippen molar-refractivity contribution in [3.63, 3.8) is 0 Å². The fraction of sp³-hybridized carbons (Fsp3) is 0.714. The van der Waals surface area contributed by atoms with Crippen molar-refractivity contribution in [2.24, 2.45) is 5.92 Å². The highest BCUT2D eigenvalue weighted by Gasteiger charge is 2.26.